The van der Waals surface area contributed by atoms with E-state index in [0.717, 1.165) is 6.42 Å². The minimum atomic E-state index is -1.13. The third-order valence-corrected chi connectivity index (χ3v) is 2.86. The molecule has 0 aromatic heterocycles. The van der Waals surface area contributed by atoms with Gasteiger partial charge < -0.3 is 9.47 Å². The maximum absolute atomic E-state index is 11.7. The lowest BCUT2D eigenvalue weighted by molar-refractivity contribution is -0.178. The third kappa shape index (κ3) is 3.20. The van der Waals surface area contributed by atoms with Crippen LogP contribution in [-0.2, 0) is 19.1 Å². The maximum atomic E-state index is 11.7. The van der Waals surface area contributed by atoms with Gasteiger partial charge in [-0.2, -0.15) is 12.6 Å². The summed E-state index contributed by atoms with van der Waals surface area (Å²) in [6.07, 6.45) is 2.16. The molecular weight excluding hydrogens is 230 g/mol. The molecule has 1 N–H and O–H groups in total. The van der Waals surface area contributed by atoms with Gasteiger partial charge in [-0.1, -0.05) is 0 Å². The Labute approximate surface area is 100 Å². The van der Waals surface area contributed by atoms with Crippen molar-refractivity contribution >= 4 is 24.6 Å². The van der Waals surface area contributed by atoms with E-state index in [0.29, 0.717) is 25.1 Å². The molecule has 6 heteroatoms. The van der Waals surface area contributed by atoms with Gasteiger partial charge >= 0.3 is 11.9 Å². The van der Waals surface area contributed by atoms with Crippen molar-refractivity contribution in [1.82, 2.24) is 5.32 Å². The first kappa shape index (κ1) is 13.5. The normalized spacial score (nSPS) is 24.4. The lowest BCUT2D eigenvalue weighted by Gasteiger charge is -2.24. The lowest BCUT2D eigenvalue weighted by Crippen LogP contribution is -2.50. The van der Waals surface area contributed by atoms with Crippen LogP contribution in [0.25, 0.3) is 0 Å². The third-order valence-electron chi connectivity index (χ3n) is 2.54. The Morgan fingerprint density at radius 2 is 2.25 bits per heavy atom. The molecule has 0 bridgehead atoms. The zero-order valence-corrected chi connectivity index (χ0v) is 10.2. The second-order valence-electron chi connectivity index (χ2n) is 3.65. The largest absolute Gasteiger partial charge is 0.390 e. The zero-order chi connectivity index (χ0) is 12.0. The molecule has 0 amide bonds. The predicted molar refractivity (Wildman–Crippen MR) is 61.2 cm³/mol. The summed E-state index contributed by atoms with van der Waals surface area (Å²) < 4.78 is 9.84. The number of methoxy groups -OCH3 is 1. The first-order valence-electron chi connectivity index (χ1n) is 5.31. The highest BCUT2D eigenvalue weighted by Gasteiger charge is 2.43. The quantitative estimate of drug-likeness (QED) is 0.420. The second-order valence-corrected chi connectivity index (χ2v) is 4.10. The van der Waals surface area contributed by atoms with Crippen LogP contribution in [0, 0.1) is 0 Å². The zero-order valence-electron chi connectivity index (χ0n) is 9.32. The van der Waals surface area contributed by atoms with E-state index in [4.69, 9.17) is 9.47 Å². The Kier molecular flexibility index (Phi) is 5.24. The molecular formula is C10H17NO4S. The molecule has 0 aromatic rings. The van der Waals surface area contributed by atoms with E-state index < -0.39 is 17.7 Å². The fraction of sp³-hybridized carbons (Fsp3) is 0.800. The van der Waals surface area contributed by atoms with E-state index >= 15 is 0 Å². The Morgan fingerprint density at radius 1 is 1.50 bits per heavy atom. The van der Waals surface area contributed by atoms with E-state index in [2.05, 4.69) is 17.9 Å². The number of ether oxygens (including phenoxy) is 2. The lowest BCUT2D eigenvalue weighted by atomic mass is 10.1. The molecule has 1 rings (SSSR count). The van der Waals surface area contributed by atoms with Gasteiger partial charge in [0.15, 0.2) is 0 Å². The smallest absolute Gasteiger partial charge is 0.361 e. The fourth-order valence-electron chi connectivity index (χ4n) is 1.61. The molecule has 1 atom stereocenters. The number of nitrogens with one attached hydrogen (secondary N) is 1. The number of esters is 2. The van der Waals surface area contributed by atoms with Gasteiger partial charge in [0.25, 0.3) is 0 Å². The molecule has 0 spiro atoms. The summed E-state index contributed by atoms with van der Waals surface area (Å²) in [5, 5.41) is 2.92. The molecule has 16 heavy (non-hydrogen) atoms. The molecule has 0 unspecified atom stereocenters. The van der Waals surface area contributed by atoms with Gasteiger partial charge in [-0.05, 0) is 25.1 Å². The molecule has 1 aliphatic heterocycles. The number of carbonyl (C=O) groups excluding carboxylic acids is 2. The fourth-order valence-corrected chi connectivity index (χ4v) is 1.77. The van der Waals surface area contributed by atoms with E-state index in [1.54, 1.807) is 0 Å². The summed E-state index contributed by atoms with van der Waals surface area (Å²) >= 11 is 3.98. The molecule has 0 saturated carbocycles. The van der Waals surface area contributed by atoms with Gasteiger partial charge in [0.05, 0.1) is 0 Å². The van der Waals surface area contributed by atoms with Crippen LogP contribution in [0.4, 0.5) is 0 Å². The maximum Gasteiger partial charge on any atom is 0.361 e. The van der Waals surface area contributed by atoms with E-state index in [1.165, 1.54) is 7.11 Å². The van der Waals surface area contributed by atoms with Crippen LogP contribution in [0.2, 0.25) is 0 Å². The van der Waals surface area contributed by atoms with Crippen LogP contribution >= 0.6 is 12.6 Å². The molecule has 1 fully saturated rings. The molecule has 1 heterocycles. The Balaban J connectivity index is 2.47. The van der Waals surface area contributed by atoms with E-state index in [-0.39, 0.29) is 6.42 Å². The molecule has 0 aliphatic carbocycles. The highest BCUT2D eigenvalue weighted by molar-refractivity contribution is 7.80. The summed E-state index contributed by atoms with van der Waals surface area (Å²) in [5.74, 6) is -0.572. The van der Waals surface area contributed by atoms with Crippen molar-refractivity contribution in [3.63, 3.8) is 0 Å². The first-order chi connectivity index (χ1) is 7.64. The number of rotatable bonds is 5. The molecule has 0 aromatic carbocycles. The van der Waals surface area contributed by atoms with E-state index in [1.807, 2.05) is 0 Å². The highest BCUT2D eigenvalue weighted by atomic mass is 32.1. The molecule has 5 nitrogen and oxygen atoms in total. The number of hydrogen-bond donors (Lipinski definition) is 2. The number of hydrogen-bond acceptors (Lipinski definition) is 6. The van der Waals surface area contributed by atoms with Crippen LogP contribution in [0.15, 0.2) is 0 Å². The summed E-state index contributed by atoms with van der Waals surface area (Å²) in [6, 6.07) is 0. The summed E-state index contributed by atoms with van der Waals surface area (Å²) in [4.78, 5) is 23.0. The van der Waals surface area contributed by atoms with Crippen molar-refractivity contribution in [2.45, 2.75) is 31.4 Å². The van der Waals surface area contributed by atoms with Crippen molar-refractivity contribution in [3.8, 4) is 0 Å². The van der Waals surface area contributed by atoms with Gasteiger partial charge in [-0.25, -0.2) is 4.79 Å². The molecule has 92 valence electrons. The number of thiol groups is 1. The summed E-state index contributed by atoms with van der Waals surface area (Å²) in [6.45, 7) is 0.688. The number of carbonyl (C=O) groups is 2. The molecule has 1 saturated heterocycles. The molecule has 1 aliphatic rings. The predicted octanol–water partition coefficient (Wildman–Crippen LogP) is 0.492. The van der Waals surface area contributed by atoms with Crippen molar-refractivity contribution in [3.05, 3.63) is 0 Å². The van der Waals surface area contributed by atoms with Gasteiger partial charge in [0.2, 0.25) is 5.72 Å². The average Bonchev–Trinajstić information content (AvgIpc) is 2.76. The van der Waals surface area contributed by atoms with Crippen LogP contribution in [-0.4, -0.2) is 37.1 Å². The topological polar surface area (TPSA) is 64.6 Å². The standard InChI is InChI=1S/C10H17NO4S/c1-14-10(5-3-6-11-10)9(13)15-8(12)4-2-7-16/h11,16H,2-7H2,1H3/t10-/m1/s1. The van der Waals surface area contributed by atoms with Gasteiger partial charge in [-0.15, -0.1) is 0 Å². The van der Waals surface area contributed by atoms with Crippen LogP contribution < -0.4 is 5.32 Å². The summed E-state index contributed by atoms with van der Waals surface area (Å²) in [5.41, 5.74) is -1.13. The van der Waals surface area contributed by atoms with Gasteiger partial charge in [0.1, 0.15) is 0 Å². The first-order valence-corrected chi connectivity index (χ1v) is 5.94. The Morgan fingerprint density at radius 3 is 2.75 bits per heavy atom. The minimum Gasteiger partial charge on any atom is -0.390 e. The average molecular weight is 247 g/mol. The second kappa shape index (κ2) is 6.22. The van der Waals surface area contributed by atoms with Crippen LogP contribution in [0.3, 0.4) is 0 Å². The van der Waals surface area contributed by atoms with Gasteiger partial charge in [0, 0.05) is 20.0 Å². The Hall–Kier alpha value is -0.590. The SMILES string of the molecule is CO[C@@]1(C(=O)OC(=O)CCCS)CCCN1. The van der Waals surface area contributed by atoms with Crippen molar-refractivity contribution in [2.75, 3.05) is 19.4 Å². The van der Waals surface area contributed by atoms with E-state index in [9.17, 15) is 9.59 Å². The van der Waals surface area contributed by atoms with Crippen LogP contribution in [0.1, 0.15) is 25.7 Å². The van der Waals surface area contributed by atoms with Crippen molar-refractivity contribution in [1.29, 1.82) is 0 Å². The van der Waals surface area contributed by atoms with Crippen molar-refractivity contribution < 1.29 is 19.1 Å². The minimum absolute atomic E-state index is 0.203. The highest BCUT2D eigenvalue weighted by Crippen LogP contribution is 2.21. The monoisotopic (exact) mass is 247 g/mol. The van der Waals surface area contributed by atoms with Gasteiger partial charge in [-0.3, -0.25) is 10.1 Å². The van der Waals surface area contributed by atoms with Crippen LogP contribution in [0.5, 0.6) is 0 Å². The summed E-state index contributed by atoms with van der Waals surface area (Å²) in [7, 11) is 1.43. The van der Waals surface area contributed by atoms with Crippen molar-refractivity contribution in [2.24, 2.45) is 0 Å². The molecule has 0 radical (unpaired) electrons. The Bertz CT molecular complexity index is 264.